The first-order valence-corrected chi connectivity index (χ1v) is 7.58. The molecule has 1 unspecified atom stereocenters. The molecule has 0 aromatic rings. The van der Waals surface area contributed by atoms with Gasteiger partial charge in [0.05, 0.1) is 6.10 Å². The van der Waals surface area contributed by atoms with E-state index < -0.39 is 29.5 Å². The number of rotatable bonds is 6. The Morgan fingerprint density at radius 3 is 2.08 bits per heavy atom. The summed E-state index contributed by atoms with van der Waals surface area (Å²) in [5, 5.41) is 2.60. The third-order valence-corrected chi connectivity index (χ3v) is 2.78. The second-order valence-electron chi connectivity index (χ2n) is 5.68. The van der Waals surface area contributed by atoms with Gasteiger partial charge in [-0.25, -0.2) is 11.1 Å². The quantitative estimate of drug-likeness (QED) is 0.401. The normalized spacial score (nSPS) is 14.5. The molecule has 1 radical (unpaired) electrons. The van der Waals surface area contributed by atoms with Gasteiger partial charge in [0, 0.05) is 61.8 Å². The first kappa shape index (κ1) is 25.5. The van der Waals surface area contributed by atoms with Crippen LogP contribution in [0.25, 0.3) is 0 Å². The smallest absolute Gasteiger partial charge is 0.407 e. The van der Waals surface area contributed by atoms with Crippen molar-refractivity contribution in [1.29, 1.82) is 0 Å². The summed E-state index contributed by atoms with van der Waals surface area (Å²) in [4.78, 5) is 46.6. The molecule has 8 heteroatoms. The third-order valence-electron chi connectivity index (χ3n) is 2.78. The molecule has 0 saturated carbocycles. The Labute approximate surface area is 179 Å². The molecular formula is C16H25AcN2O5-. The van der Waals surface area contributed by atoms with Crippen molar-refractivity contribution in [3.05, 3.63) is 12.2 Å². The molecule has 0 saturated heterocycles. The molecule has 0 fully saturated rings. The van der Waals surface area contributed by atoms with Crippen LogP contribution in [-0.2, 0) is 19.1 Å². The van der Waals surface area contributed by atoms with Gasteiger partial charge in [0.15, 0.2) is 0 Å². The van der Waals surface area contributed by atoms with Gasteiger partial charge >= 0.3 is 6.09 Å². The van der Waals surface area contributed by atoms with Gasteiger partial charge in [-0.05, 0) is 34.1 Å². The molecule has 133 valence electrons. The molecule has 1 heterocycles. The summed E-state index contributed by atoms with van der Waals surface area (Å²) in [7, 11) is 0. The predicted octanol–water partition coefficient (Wildman–Crippen LogP) is 1.72. The van der Waals surface area contributed by atoms with Gasteiger partial charge in [0.1, 0.15) is 0 Å². The Bertz CT molecular complexity index is 471. The van der Waals surface area contributed by atoms with Crippen molar-refractivity contribution in [2.45, 2.75) is 65.6 Å². The maximum absolute atomic E-state index is 11.6. The van der Waals surface area contributed by atoms with Crippen LogP contribution in [0, 0.1) is 44.1 Å². The summed E-state index contributed by atoms with van der Waals surface area (Å²) < 4.78 is 4.96. The van der Waals surface area contributed by atoms with Gasteiger partial charge in [-0.15, -0.1) is 0 Å². The van der Waals surface area contributed by atoms with E-state index in [1.165, 1.54) is 0 Å². The van der Waals surface area contributed by atoms with Crippen molar-refractivity contribution in [3.8, 4) is 0 Å². The van der Waals surface area contributed by atoms with Gasteiger partial charge in [-0.2, -0.15) is 0 Å². The fraction of sp³-hybridized carbons (Fsp3) is 0.625. The van der Waals surface area contributed by atoms with E-state index in [4.69, 9.17) is 4.74 Å². The molecular weight excluding hydrogens is 527 g/mol. The van der Waals surface area contributed by atoms with E-state index in [9.17, 15) is 19.2 Å². The van der Waals surface area contributed by atoms with Crippen LogP contribution in [0.3, 0.4) is 0 Å². The van der Waals surface area contributed by atoms with Crippen LogP contribution in [0.1, 0.15) is 48.0 Å². The Morgan fingerprint density at radius 2 is 1.71 bits per heavy atom. The van der Waals surface area contributed by atoms with Crippen LogP contribution in [0.4, 0.5) is 4.79 Å². The second kappa shape index (κ2) is 11.8. The van der Waals surface area contributed by atoms with Crippen molar-refractivity contribution in [2.75, 3.05) is 0 Å². The van der Waals surface area contributed by atoms with Crippen molar-refractivity contribution >= 4 is 24.2 Å². The number of hydrogen-bond donors (Lipinski definition) is 1. The van der Waals surface area contributed by atoms with E-state index in [-0.39, 0.29) is 56.6 Å². The van der Waals surface area contributed by atoms with Crippen LogP contribution >= 0.6 is 0 Å². The van der Waals surface area contributed by atoms with Crippen LogP contribution < -0.4 is 5.32 Å². The van der Waals surface area contributed by atoms with Gasteiger partial charge < -0.3 is 14.8 Å². The van der Waals surface area contributed by atoms with Crippen LogP contribution in [0.2, 0.25) is 0 Å². The number of carbonyl (C=O) groups is 3. The number of nitrogens with one attached hydrogen (secondary N) is 1. The van der Waals surface area contributed by atoms with E-state index in [1.54, 1.807) is 34.0 Å². The van der Waals surface area contributed by atoms with Gasteiger partial charge in [0.25, 0.3) is 11.8 Å². The monoisotopic (exact) mass is 552 g/mol. The molecule has 1 N–H and O–H groups in total. The van der Waals surface area contributed by atoms with Crippen molar-refractivity contribution < 1.29 is 68.0 Å². The molecule has 0 aliphatic carbocycles. The number of ether oxygens (including phenoxy) is 1. The number of nitrogens with zero attached hydrogens (tertiary/aromatic N) is 1. The van der Waals surface area contributed by atoms with E-state index >= 15 is 0 Å². The number of carbonyl (C=O) groups excluding carboxylic acids is 4. The summed E-state index contributed by atoms with van der Waals surface area (Å²) in [6.45, 7) is 10.7. The molecule has 3 amide bonds. The Morgan fingerprint density at radius 1 is 1.25 bits per heavy atom. The topological polar surface area (TPSA) is 92.8 Å². The molecule has 1 aliphatic rings. The molecule has 0 bridgehead atoms. The molecule has 0 aromatic heterocycles. The molecule has 1 rings (SSSR count). The van der Waals surface area contributed by atoms with Crippen molar-refractivity contribution in [1.82, 2.24) is 10.2 Å². The molecule has 7 nitrogen and oxygen atoms in total. The zero-order valence-electron chi connectivity index (χ0n) is 15.1. The van der Waals surface area contributed by atoms with Gasteiger partial charge in [-0.3, -0.25) is 14.5 Å². The minimum atomic E-state index is -1.06. The number of amides is 3. The van der Waals surface area contributed by atoms with Gasteiger partial charge in [-0.1, -0.05) is 19.9 Å². The zero-order chi connectivity index (χ0) is 18.2. The summed E-state index contributed by atoms with van der Waals surface area (Å²) >= 11 is 0. The van der Waals surface area contributed by atoms with Crippen molar-refractivity contribution in [2.24, 2.45) is 0 Å². The van der Waals surface area contributed by atoms with Crippen LogP contribution in [-0.4, -0.2) is 46.8 Å². The Balaban J connectivity index is 0. The number of alkyl carbamates (subject to hydrolysis) is 1. The largest absolute Gasteiger partial charge is 0.540 e. The molecule has 1 atom stereocenters. The molecule has 0 aromatic carbocycles. The van der Waals surface area contributed by atoms with Crippen LogP contribution in [0.5, 0.6) is 0 Å². The van der Waals surface area contributed by atoms with E-state index in [1.807, 2.05) is 13.8 Å². The van der Waals surface area contributed by atoms with Gasteiger partial charge in [0.2, 0.25) is 0 Å². The maximum Gasteiger partial charge on any atom is 0.407 e. The fourth-order valence-electron chi connectivity index (χ4n) is 1.96. The minimum Gasteiger partial charge on any atom is -0.540 e. The fourth-order valence-corrected chi connectivity index (χ4v) is 1.96. The summed E-state index contributed by atoms with van der Waals surface area (Å²) in [5.41, 5.74) is -0.850. The summed E-state index contributed by atoms with van der Waals surface area (Å²) in [5.74, 6) is -1.12. The molecule has 24 heavy (non-hydrogen) atoms. The standard InChI is InChI=1S/C14H19N2O5.C2H6.Ac/c1-9(2)21-13(20)15-14(3,4)7-10(8-17)16-11(18)5-6-12(16)19;1-2;/h5-6,9-10H,7H2,1-4H3,(H,15,20);1-2H3;/q-1;;. The Kier molecular flexibility index (Phi) is 12.5. The SMILES string of the molecule is CC.CC(C)OC(=O)NC(C)(C)CC([C-]=O)N1C(=O)C=CC1=O.[Ac]. The first-order valence-electron chi connectivity index (χ1n) is 7.58. The van der Waals surface area contributed by atoms with Crippen LogP contribution in [0.15, 0.2) is 12.2 Å². The average Bonchev–Trinajstić information content (AvgIpc) is 2.76. The second-order valence-corrected chi connectivity index (χ2v) is 5.68. The number of imide groups is 1. The average molecular weight is 552 g/mol. The summed E-state index contributed by atoms with van der Waals surface area (Å²) in [6.07, 6.45) is 3.01. The minimum absolute atomic E-state index is 0. The van der Waals surface area contributed by atoms with E-state index in [0.717, 1.165) is 17.1 Å². The summed E-state index contributed by atoms with van der Waals surface area (Å²) in [6, 6.07) is -1.06. The first-order chi connectivity index (χ1) is 10.7. The molecule has 1 aliphatic heterocycles. The van der Waals surface area contributed by atoms with E-state index in [0.29, 0.717) is 0 Å². The van der Waals surface area contributed by atoms with Crippen molar-refractivity contribution in [3.63, 3.8) is 0 Å². The number of hydrogen-bond acceptors (Lipinski definition) is 5. The Hall–Kier alpha value is -0.738. The van der Waals surface area contributed by atoms with E-state index in [2.05, 4.69) is 5.32 Å². The molecule has 0 spiro atoms. The zero-order valence-corrected chi connectivity index (χ0v) is 19.8. The maximum atomic E-state index is 11.6. The third kappa shape index (κ3) is 8.39. The predicted molar refractivity (Wildman–Crippen MR) is 85.3 cm³/mol.